The lowest BCUT2D eigenvalue weighted by molar-refractivity contribution is -0.136. The van der Waals surface area contributed by atoms with E-state index in [1.807, 2.05) is 12.1 Å². The third kappa shape index (κ3) is 3.91. The van der Waals surface area contributed by atoms with Gasteiger partial charge >= 0.3 is 0 Å². The number of carbonyl (C=O) groups excluding carboxylic acids is 4. The molecule has 0 bridgehead atoms. The molecule has 1 atom stereocenters. The SMILES string of the molecule is Cc1nnnn1-c1ccc(C(=O)NCc2ccc3c(c2)C(=O)N(C2CCC(=O)NC2=O)C3)cc1. The number of benzene rings is 2. The molecular weight excluding hydrogens is 438 g/mol. The van der Waals surface area contributed by atoms with E-state index >= 15 is 0 Å². The molecule has 1 fully saturated rings. The fraction of sp³-hybridized carbons (Fsp3) is 0.261. The minimum absolute atomic E-state index is 0.212. The maximum absolute atomic E-state index is 12.9. The fourth-order valence-corrected chi connectivity index (χ4v) is 4.22. The summed E-state index contributed by atoms with van der Waals surface area (Å²) in [5.41, 5.74) is 3.33. The van der Waals surface area contributed by atoms with E-state index in [9.17, 15) is 19.2 Å². The molecule has 2 aliphatic heterocycles. The second kappa shape index (κ2) is 8.50. The van der Waals surface area contributed by atoms with Crippen molar-refractivity contribution in [3.8, 4) is 5.69 Å². The number of aryl methyl sites for hydroxylation is 1. The molecule has 0 radical (unpaired) electrons. The number of amides is 4. The Morgan fingerprint density at radius 1 is 1.15 bits per heavy atom. The molecule has 4 amide bonds. The molecule has 2 N–H and O–H groups in total. The number of tetrazole rings is 1. The van der Waals surface area contributed by atoms with E-state index in [4.69, 9.17) is 0 Å². The lowest BCUT2D eigenvalue weighted by Gasteiger charge is -2.29. The van der Waals surface area contributed by atoms with Crippen molar-refractivity contribution in [3.63, 3.8) is 0 Å². The highest BCUT2D eigenvalue weighted by molar-refractivity contribution is 6.05. The lowest BCUT2D eigenvalue weighted by atomic mass is 10.0. The second-order valence-corrected chi connectivity index (χ2v) is 8.26. The van der Waals surface area contributed by atoms with Crippen LogP contribution in [-0.2, 0) is 22.7 Å². The summed E-state index contributed by atoms with van der Waals surface area (Å²) < 4.78 is 1.57. The van der Waals surface area contributed by atoms with E-state index in [-0.39, 0.29) is 30.7 Å². The van der Waals surface area contributed by atoms with Crippen molar-refractivity contribution in [1.29, 1.82) is 0 Å². The molecule has 3 heterocycles. The number of aromatic nitrogens is 4. The minimum atomic E-state index is -0.652. The Hall–Kier alpha value is -4.41. The van der Waals surface area contributed by atoms with Crippen LogP contribution in [0.4, 0.5) is 0 Å². The van der Waals surface area contributed by atoms with Crippen molar-refractivity contribution in [1.82, 2.24) is 35.7 Å². The summed E-state index contributed by atoms with van der Waals surface area (Å²) in [7, 11) is 0. The molecule has 1 aromatic heterocycles. The summed E-state index contributed by atoms with van der Waals surface area (Å²) in [6.45, 7) is 2.35. The average molecular weight is 459 g/mol. The molecule has 34 heavy (non-hydrogen) atoms. The van der Waals surface area contributed by atoms with Crippen molar-refractivity contribution in [2.45, 2.75) is 38.9 Å². The molecule has 0 saturated carbocycles. The molecule has 11 heteroatoms. The smallest absolute Gasteiger partial charge is 0.255 e. The third-order valence-corrected chi connectivity index (χ3v) is 6.05. The summed E-state index contributed by atoms with van der Waals surface area (Å²) in [6.07, 6.45) is 0.531. The van der Waals surface area contributed by atoms with Gasteiger partial charge in [-0.3, -0.25) is 24.5 Å². The Kier molecular flexibility index (Phi) is 5.36. The summed E-state index contributed by atoms with van der Waals surface area (Å²) in [6, 6.07) is 11.7. The van der Waals surface area contributed by atoms with Crippen LogP contribution < -0.4 is 10.6 Å². The summed E-state index contributed by atoms with van der Waals surface area (Å²) in [4.78, 5) is 50.6. The molecule has 3 aromatic rings. The lowest BCUT2D eigenvalue weighted by Crippen LogP contribution is -2.52. The van der Waals surface area contributed by atoms with Crippen LogP contribution in [0.5, 0.6) is 0 Å². The summed E-state index contributed by atoms with van der Waals surface area (Å²) >= 11 is 0. The van der Waals surface area contributed by atoms with E-state index in [1.165, 1.54) is 4.90 Å². The van der Waals surface area contributed by atoms with Gasteiger partial charge in [-0.15, -0.1) is 5.10 Å². The van der Waals surface area contributed by atoms with E-state index in [1.54, 1.807) is 41.9 Å². The van der Waals surface area contributed by atoms with Gasteiger partial charge in [-0.2, -0.15) is 4.68 Å². The van der Waals surface area contributed by atoms with E-state index in [0.29, 0.717) is 29.9 Å². The van der Waals surface area contributed by atoms with E-state index < -0.39 is 11.9 Å². The fourth-order valence-electron chi connectivity index (χ4n) is 4.22. The Bertz CT molecular complexity index is 1320. The highest BCUT2D eigenvalue weighted by Gasteiger charge is 2.39. The standard InChI is InChI=1S/C23H21N7O4/c1-13-26-27-28-30(13)17-6-4-15(5-7-17)21(32)24-11-14-2-3-16-12-29(23(34)18(16)10-14)19-8-9-20(31)25-22(19)33/h2-7,10,19H,8-9,11-12H2,1H3,(H,24,32)(H,25,31,33). The van der Waals surface area contributed by atoms with Gasteiger partial charge in [0, 0.05) is 30.6 Å². The van der Waals surface area contributed by atoms with Gasteiger partial charge in [-0.25, -0.2) is 0 Å². The number of imide groups is 1. The van der Waals surface area contributed by atoms with Crippen molar-refractivity contribution < 1.29 is 19.2 Å². The first-order valence-electron chi connectivity index (χ1n) is 10.8. The van der Waals surface area contributed by atoms with Crippen molar-refractivity contribution in [3.05, 3.63) is 70.5 Å². The van der Waals surface area contributed by atoms with Gasteiger partial charge in [0.25, 0.3) is 11.8 Å². The maximum atomic E-state index is 12.9. The molecule has 1 saturated heterocycles. The normalized spacial score (nSPS) is 17.5. The first kappa shape index (κ1) is 21.4. The average Bonchev–Trinajstić information content (AvgIpc) is 3.40. The Morgan fingerprint density at radius 2 is 1.94 bits per heavy atom. The molecule has 172 valence electrons. The van der Waals surface area contributed by atoms with Gasteiger partial charge in [0.15, 0.2) is 5.82 Å². The molecule has 5 rings (SSSR count). The van der Waals surface area contributed by atoms with Crippen LogP contribution in [0, 0.1) is 6.92 Å². The Balaban J connectivity index is 1.23. The number of hydrogen-bond acceptors (Lipinski definition) is 7. The van der Waals surface area contributed by atoms with E-state index in [0.717, 1.165) is 16.8 Å². The number of nitrogens with one attached hydrogen (secondary N) is 2. The van der Waals surface area contributed by atoms with E-state index in [2.05, 4.69) is 26.2 Å². The van der Waals surface area contributed by atoms with Crippen LogP contribution in [0.1, 0.15) is 50.5 Å². The Labute approximate surface area is 194 Å². The maximum Gasteiger partial charge on any atom is 0.255 e. The van der Waals surface area contributed by atoms with Crippen LogP contribution >= 0.6 is 0 Å². The predicted molar refractivity (Wildman–Crippen MR) is 118 cm³/mol. The van der Waals surface area contributed by atoms with Crippen molar-refractivity contribution in [2.24, 2.45) is 0 Å². The van der Waals surface area contributed by atoms with Crippen LogP contribution in [0.2, 0.25) is 0 Å². The highest BCUT2D eigenvalue weighted by atomic mass is 16.2. The zero-order chi connectivity index (χ0) is 23.8. The van der Waals surface area contributed by atoms with Crippen LogP contribution in [-0.4, -0.2) is 54.8 Å². The number of hydrogen-bond donors (Lipinski definition) is 2. The van der Waals surface area contributed by atoms with Crippen LogP contribution in [0.3, 0.4) is 0 Å². The topological polar surface area (TPSA) is 139 Å². The number of piperidine rings is 1. The molecular formula is C23H21N7O4. The monoisotopic (exact) mass is 459 g/mol. The molecule has 0 spiro atoms. The van der Waals surface area contributed by atoms with Gasteiger partial charge < -0.3 is 10.2 Å². The quantitative estimate of drug-likeness (QED) is 0.534. The molecule has 2 aliphatic rings. The molecule has 11 nitrogen and oxygen atoms in total. The minimum Gasteiger partial charge on any atom is -0.348 e. The van der Waals surface area contributed by atoms with Gasteiger partial charge in [0.2, 0.25) is 11.8 Å². The predicted octanol–water partition coefficient (Wildman–Crippen LogP) is 0.662. The largest absolute Gasteiger partial charge is 0.348 e. The van der Waals surface area contributed by atoms with Crippen molar-refractivity contribution >= 4 is 23.6 Å². The zero-order valence-corrected chi connectivity index (χ0v) is 18.3. The zero-order valence-electron chi connectivity index (χ0n) is 18.3. The van der Waals surface area contributed by atoms with Crippen LogP contribution in [0.25, 0.3) is 5.69 Å². The number of nitrogens with zero attached hydrogens (tertiary/aromatic N) is 5. The Morgan fingerprint density at radius 3 is 2.65 bits per heavy atom. The molecule has 2 aromatic carbocycles. The highest BCUT2D eigenvalue weighted by Crippen LogP contribution is 2.28. The van der Waals surface area contributed by atoms with Crippen LogP contribution in [0.15, 0.2) is 42.5 Å². The molecule has 1 unspecified atom stereocenters. The first-order valence-corrected chi connectivity index (χ1v) is 10.8. The summed E-state index contributed by atoms with van der Waals surface area (Å²) in [5, 5.41) is 16.5. The first-order chi connectivity index (χ1) is 16.4. The summed E-state index contributed by atoms with van der Waals surface area (Å²) in [5.74, 6) is -0.614. The number of carbonyl (C=O) groups is 4. The second-order valence-electron chi connectivity index (χ2n) is 8.26. The number of fused-ring (bicyclic) bond motifs is 1. The van der Waals surface area contributed by atoms with Gasteiger partial charge in [-0.05, 0) is 65.2 Å². The molecule has 0 aliphatic carbocycles. The van der Waals surface area contributed by atoms with Gasteiger partial charge in [0.05, 0.1) is 5.69 Å². The van der Waals surface area contributed by atoms with Gasteiger partial charge in [0.1, 0.15) is 6.04 Å². The third-order valence-electron chi connectivity index (χ3n) is 6.05. The van der Waals surface area contributed by atoms with Gasteiger partial charge in [-0.1, -0.05) is 12.1 Å². The number of rotatable bonds is 5. The van der Waals surface area contributed by atoms with Crippen molar-refractivity contribution in [2.75, 3.05) is 0 Å².